The topological polar surface area (TPSA) is 148 Å². The molecule has 266 valence electrons. The number of halogens is 1. The lowest BCUT2D eigenvalue weighted by atomic mass is 10.0. The molecule has 6 rings (SSSR count). The quantitative estimate of drug-likeness (QED) is 0.156. The highest BCUT2D eigenvalue weighted by Gasteiger charge is 2.56. The van der Waals surface area contributed by atoms with Crippen LogP contribution in [0.2, 0.25) is 0 Å². The van der Waals surface area contributed by atoms with E-state index in [1.165, 1.54) is 31.4 Å². The number of nitrogens with one attached hydrogen (secondary N) is 3. The Morgan fingerprint density at radius 2 is 1.57 bits per heavy atom. The standard InChI is InChI=1S/C38H40FN5O7/c1-37(2,3)51-36(48)44-19-5-6-26(44)22-41-33(45)29-20-28-30(21-32(29)49-4)40-18-15-31(28)50-27-13-11-25(12-14-27)43-35(47)38(16-17-38)34(46)42-24-9-7-23(39)8-10-24/h7-15,18,20-21,26H,5-6,16-17,19,22H2,1-4H3,(H,41,45)(H,42,46)(H,43,47). The number of carbonyl (C=O) groups is 4. The van der Waals surface area contributed by atoms with Gasteiger partial charge in [0.05, 0.1) is 24.2 Å². The van der Waals surface area contributed by atoms with Crippen molar-refractivity contribution in [1.82, 2.24) is 15.2 Å². The molecule has 3 N–H and O–H groups in total. The van der Waals surface area contributed by atoms with Gasteiger partial charge in [-0.3, -0.25) is 19.4 Å². The highest BCUT2D eigenvalue weighted by atomic mass is 19.1. The van der Waals surface area contributed by atoms with Gasteiger partial charge in [0.15, 0.2) is 0 Å². The third-order valence-electron chi connectivity index (χ3n) is 8.83. The second-order valence-corrected chi connectivity index (χ2v) is 13.7. The summed E-state index contributed by atoms with van der Waals surface area (Å²) in [4.78, 5) is 58.3. The minimum atomic E-state index is -1.20. The molecule has 1 unspecified atom stereocenters. The zero-order valence-electron chi connectivity index (χ0n) is 28.9. The average molecular weight is 698 g/mol. The van der Waals surface area contributed by atoms with Crippen molar-refractivity contribution in [3.05, 3.63) is 84.3 Å². The van der Waals surface area contributed by atoms with E-state index in [-0.39, 0.29) is 24.1 Å². The van der Waals surface area contributed by atoms with Crippen molar-refractivity contribution in [2.75, 3.05) is 30.8 Å². The zero-order valence-corrected chi connectivity index (χ0v) is 28.9. The summed E-state index contributed by atoms with van der Waals surface area (Å²) in [7, 11) is 1.48. The summed E-state index contributed by atoms with van der Waals surface area (Å²) in [5.74, 6) is -0.437. The van der Waals surface area contributed by atoms with Crippen LogP contribution in [-0.2, 0) is 14.3 Å². The summed E-state index contributed by atoms with van der Waals surface area (Å²) in [5.41, 5.74) is -0.105. The van der Waals surface area contributed by atoms with Crippen LogP contribution in [0, 0.1) is 11.2 Å². The van der Waals surface area contributed by atoms with Crippen molar-refractivity contribution in [2.24, 2.45) is 5.41 Å². The van der Waals surface area contributed by atoms with Gasteiger partial charge < -0.3 is 35.1 Å². The van der Waals surface area contributed by atoms with Crippen LogP contribution >= 0.6 is 0 Å². The van der Waals surface area contributed by atoms with E-state index in [9.17, 15) is 23.6 Å². The van der Waals surface area contributed by atoms with E-state index in [4.69, 9.17) is 14.2 Å². The number of pyridine rings is 1. The third-order valence-corrected chi connectivity index (χ3v) is 8.83. The lowest BCUT2D eigenvalue weighted by molar-refractivity contribution is -0.131. The van der Waals surface area contributed by atoms with Crippen LogP contribution in [0.5, 0.6) is 17.2 Å². The number of aromatic nitrogens is 1. The first-order valence-corrected chi connectivity index (χ1v) is 16.8. The Morgan fingerprint density at radius 1 is 0.922 bits per heavy atom. The van der Waals surface area contributed by atoms with Gasteiger partial charge in [-0.15, -0.1) is 0 Å². The molecule has 0 radical (unpaired) electrons. The highest BCUT2D eigenvalue weighted by molar-refractivity contribution is 6.17. The van der Waals surface area contributed by atoms with Crippen LogP contribution in [0.25, 0.3) is 10.9 Å². The van der Waals surface area contributed by atoms with E-state index in [0.717, 1.165) is 12.8 Å². The summed E-state index contributed by atoms with van der Waals surface area (Å²) in [6, 6.07) is 16.8. The van der Waals surface area contributed by atoms with Crippen molar-refractivity contribution >= 4 is 46.1 Å². The first kappa shape index (κ1) is 35.1. The van der Waals surface area contributed by atoms with Crippen molar-refractivity contribution in [2.45, 2.75) is 58.1 Å². The van der Waals surface area contributed by atoms with Crippen molar-refractivity contribution in [3.8, 4) is 17.2 Å². The van der Waals surface area contributed by atoms with E-state index >= 15 is 0 Å². The lowest BCUT2D eigenvalue weighted by Gasteiger charge is -2.28. The largest absolute Gasteiger partial charge is 0.496 e. The summed E-state index contributed by atoms with van der Waals surface area (Å²) >= 11 is 0. The predicted molar refractivity (Wildman–Crippen MR) is 188 cm³/mol. The first-order chi connectivity index (χ1) is 24.3. The fraction of sp³-hybridized carbons (Fsp3) is 0.342. The summed E-state index contributed by atoms with van der Waals surface area (Å²) in [6.07, 6.45) is 3.55. The number of anilines is 2. The van der Waals surface area contributed by atoms with Crippen LogP contribution in [0.15, 0.2) is 72.9 Å². The molecule has 4 amide bonds. The van der Waals surface area contributed by atoms with E-state index in [2.05, 4.69) is 20.9 Å². The summed E-state index contributed by atoms with van der Waals surface area (Å²) < 4.78 is 30.5. The molecule has 4 aromatic rings. The third kappa shape index (κ3) is 8.03. The minimum Gasteiger partial charge on any atom is -0.496 e. The van der Waals surface area contributed by atoms with E-state index < -0.39 is 34.7 Å². The number of hydrogen-bond donors (Lipinski definition) is 3. The van der Waals surface area contributed by atoms with Gasteiger partial charge in [0.1, 0.15) is 34.1 Å². The molecule has 2 aliphatic rings. The molecule has 0 bridgehead atoms. The van der Waals surface area contributed by atoms with Crippen LogP contribution in [0.1, 0.15) is 56.8 Å². The van der Waals surface area contributed by atoms with Gasteiger partial charge in [0, 0.05) is 42.1 Å². The maximum absolute atomic E-state index is 13.5. The van der Waals surface area contributed by atoms with Gasteiger partial charge >= 0.3 is 6.09 Å². The molecule has 0 spiro atoms. The average Bonchev–Trinajstić information content (AvgIpc) is 3.79. The van der Waals surface area contributed by atoms with Gasteiger partial charge in [-0.25, -0.2) is 9.18 Å². The van der Waals surface area contributed by atoms with Crippen molar-refractivity contribution < 1.29 is 37.8 Å². The SMILES string of the molecule is COc1cc2nccc(Oc3ccc(NC(=O)C4(C(=O)Nc5ccc(F)cc5)CC4)cc3)c2cc1C(=O)NCC1CCCN1C(=O)OC(C)(C)C. The van der Waals surface area contributed by atoms with Crippen LogP contribution in [0.4, 0.5) is 20.6 Å². The molecular weight excluding hydrogens is 657 g/mol. The molecule has 1 aliphatic carbocycles. The van der Waals surface area contributed by atoms with E-state index in [1.807, 2.05) is 20.8 Å². The Labute approximate surface area is 294 Å². The number of carbonyl (C=O) groups excluding carboxylic acids is 4. The van der Waals surface area contributed by atoms with Crippen molar-refractivity contribution in [1.29, 1.82) is 0 Å². The molecule has 12 nitrogen and oxygen atoms in total. The number of hydrogen-bond acceptors (Lipinski definition) is 8. The second-order valence-electron chi connectivity index (χ2n) is 13.7. The van der Waals surface area contributed by atoms with Crippen molar-refractivity contribution in [3.63, 3.8) is 0 Å². The molecule has 1 saturated heterocycles. The molecule has 1 aromatic heterocycles. The fourth-order valence-corrected chi connectivity index (χ4v) is 5.95. The summed E-state index contributed by atoms with van der Waals surface area (Å²) in [5, 5.41) is 9.03. The number of methoxy groups -OCH3 is 1. The molecular formula is C38H40FN5O7. The molecule has 1 saturated carbocycles. The molecule has 51 heavy (non-hydrogen) atoms. The fourth-order valence-electron chi connectivity index (χ4n) is 5.95. The minimum absolute atomic E-state index is 0.197. The Bertz CT molecular complexity index is 1960. The van der Waals surface area contributed by atoms with Crippen LogP contribution in [0.3, 0.4) is 0 Å². The van der Waals surface area contributed by atoms with Crippen LogP contribution in [-0.4, -0.2) is 65.5 Å². The van der Waals surface area contributed by atoms with Gasteiger partial charge in [-0.2, -0.15) is 0 Å². The highest BCUT2D eigenvalue weighted by Crippen LogP contribution is 2.47. The number of nitrogens with zero attached hydrogens (tertiary/aromatic N) is 2. The first-order valence-electron chi connectivity index (χ1n) is 16.8. The molecule has 1 atom stereocenters. The number of ether oxygens (including phenoxy) is 3. The summed E-state index contributed by atoms with van der Waals surface area (Å²) in [6.45, 7) is 6.26. The van der Waals surface area contributed by atoms with Gasteiger partial charge in [-0.1, -0.05) is 0 Å². The Hall–Kier alpha value is -5.72. The molecule has 3 aromatic carbocycles. The second kappa shape index (κ2) is 14.3. The lowest BCUT2D eigenvalue weighted by Crippen LogP contribution is -2.45. The Morgan fingerprint density at radius 3 is 2.18 bits per heavy atom. The number of rotatable bonds is 10. The van der Waals surface area contributed by atoms with Crippen LogP contribution < -0.4 is 25.4 Å². The predicted octanol–water partition coefficient (Wildman–Crippen LogP) is 6.66. The number of amides is 4. The Balaban J connectivity index is 1.12. The zero-order chi connectivity index (χ0) is 36.3. The van der Waals surface area contributed by atoms with Gasteiger partial charge in [-0.05, 0) is 107 Å². The molecule has 2 heterocycles. The smallest absolute Gasteiger partial charge is 0.410 e. The van der Waals surface area contributed by atoms with Gasteiger partial charge in [0.25, 0.3) is 5.91 Å². The number of benzene rings is 3. The monoisotopic (exact) mass is 697 g/mol. The van der Waals surface area contributed by atoms with E-state index in [0.29, 0.717) is 58.9 Å². The maximum atomic E-state index is 13.5. The van der Waals surface area contributed by atoms with Gasteiger partial charge in [0.2, 0.25) is 11.8 Å². The molecule has 1 aliphatic heterocycles. The van der Waals surface area contributed by atoms with E-state index in [1.54, 1.807) is 53.6 Å². The molecule has 2 fully saturated rings. The number of fused-ring (bicyclic) bond motifs is 1. The normalized spacial score (nSPS) is 16.3. The Kier molecular flexibility index (Phi) is 9.82. The maximum Gasteiger partial charge on any atom is 0.410 e. The molecule has 13 heteroatoms. The number of likely N-dealkylation sites (tertiary alicyclic amines) is 1.